The highest BCUT2D eigenvalue weighted by molar-refractivity contribution is 5.76. The van der Waals surface area contributed by atoms with Crippen molar-refractivity contribution in [2.24, 2.45) is 0 Å². The van der Waals surface area contributed by atoms with Crippen molar-refractivity contribution in [1.29, 1.82) is 0 Å². The highest BCUT2D eigenvalue weighted by atomic mass is 16.5. The lowest BCUT2D eigenvalue weighted by Gasteiger charge is -2.18. The van der Waals surface area contributed by atoms with Crippen LogP contribution in [0.2, 0.25) is 0 Å². The zero-order valence-electron chi connectivity index (χ0n) is 11.5. The number of nitrogens with zero attached hydrogens (tertiary/aromatic N) is 3. The second kappa shape index (κ2) is 5.07. The summed E-state index contributed by atoms with van der Waals surface area (Å²) in [4.78, 5) is 15.5. The number of aromatic amines is 1. The fourth-order valence-electron chi connectivity index (χ4n) is 2.20. The van der Waals surface area contributed by atoms with Crippen molar-refractivity contribution in [1.82, 2.24) is 25.7 Å². The van der Waals surface area contributed by atoms with Crippen molar-refractivity contribution >= 4 is 5.91 Å². The van der Waals surface area contributed by atoms with Crippen LogP contribution < -0.4 is 5.32 Å². The van der Waals surface area contributed by atoms with Crippen LogP contribution in [0.4, 0.5) is 0 Å². The Morgan fingerprint density at radius 1 is 1.45 bits per heavy atom. The van der Waals surface area contributed by atoms with Crippen molar-refractivity contribution in [3.63, 3.8) is 0 Å². The minimum absolute atomic E-state index is 0.0823. The van der Waals surface area contributed by atoms with E-state index in [4.69, 9.17) is 4.52 Å². The van der Waals surface area contributed by atoms with Gasteiger partial charge in [0, 0.05) is 24.6 Å². The summed E-state index contributed by atoms with van der Waals surface area (Å²) in [6, 6.07) is 1.92. The highest BCUT2D eigenvalue weighted by Crippen LogP contribution is 2.25. The van der Waals surface area contributed by atoms with E-state index in [-0.39, 0.29) is 11.8 Å². The first-order valence-electron chi connectivity index (χ1n) is 6.79. The summed E-state index contributed by atoms with van der Waals surface area (Å²) < 4.78 is 5.27. The minimum Gasteiger partial charge on any atom is -0.355 e. The Labute approximate surface area is 116 Å². The van der Waals surface area contributed by atoms with E-state index in [2.05, 4.69) is 39.5 Å². The van der Waals surface area contributed by atoms with Gasteiger partial charge in [-0.15, -0.1) is 0 Å². The molecule has 0 aromatic carbocycles. The molecule has 0 saturated carbocycles. The number of aromatic nitrogens is 4. The number of hydrogen-bond donors (Lipinski definition) is 2. The summed E-state index contributed by atoms with van der Waals surface area (Å²) in [5.41, 5.74) is 1.69. The lowest BCUT2D eigenvalue weighted by molar-refractivity contribution is -0.122. The predicted molar refractivity (Wildman–Crippen MR) is 71.0 cm³/mol. The molecule has 2 aromatic rings. The molecule has 3 rings (SSSR count). The number of amides is 1. The van der Waals surface area contributed by atoms with Crippen molar-refractivity contribution in [3.05, 3.63) is 17.6 Å². The molecule has 20 heavy (non-hydrogen) atoms. The molecule has 1 aliphatic rings. The number of carbonyl (C=O) groups is 1. The maximum absolute atomic E-state index is 11.1. The summed E-state index contributed by atoms with van der Waals surface area (Å²) in [7, 11) is 0. The maximum Gasteiger partial charge on any atom is 0.278 e. The minimum atomic E-state index is 0.0823. The van der Waals surface area contributed by atoms with Gasteiger partial charge in [-0.2, -0.15) is 10.1 Å². The second-order valence-corrected chi connectivity index (χ2v) is 5.36. The van der Waals surface area contributed by atoms with Gasteiger partial charge in [-0.05, 0) is 18.4 Å². The van der Waals surface area contributed by atoms with Gasteiger partial charge in [-0.25, -0.2) is 0 Å². The number of rotatable bonds is 3. The van der Waals surface area contributed by atoms with Crippen molar-refractivity contribution in [2.45, 2.75) is 38.5 Å². The zero-order chi connectivity index (χ0) is 14.1. The Kier molecular flexibility index (Phi) is 3.25. The summed E-state index contributed by atoms with van der Waals surface area (Å²) in [6.07, 6.45) is 1.26. The van der Waals surface area contributed by atoms with Gasteiger partial charge in [-0.1, -0.05) is 19.0 Å². The van der Waals surface area contributed by atoms with Crippen molar-refractivity contribution in [2.75, 3.05) is 6.54 Å². The molecule has 106 valence electrons. The Morgan fingerprint density at radius 2 is 2.30 bits per heavy atom. The van der Waals surface area contributed by atoms with Crippen LogP contribution in [0.5, 0.6) is 0 Å². The topological polar surface area (TPSA) is 96.7 Å². The van der Waals surface area contributed by atoms with E-state index in [9.17, 15) is 4.79 Å². The molecule has 1 saturated heterocycles. The molecule has 2 aromatic heterocycles. The number of hydrogen-bond acceptors (Lipinski definition) is 5. The molecule has 0 spiro atoms. The first kappa shape index (κ1) is 12.8. The average Bonchev–Trinajstić information content (AvgIpc) is 3.08. The van der Waals surface area contributed by atoms with Gasteiger partial charge >= 0.3 is 0 Å². The third-order valence-electron chi connectivity index (χ3n) is 3.51. The standard InChI is InChI=1S/C13H17N5O2/c1-7(2)9-5-10(17-16-9)13-15-12(18-20-13)8-3-4-11(19)14-6-8/h5,7-8H,3-4,6H2,1-2H3,(H,14,19)(H,16,17)/t8-/m0/s1. The lowest BCUT2D eigenvalue weighted by atomic mass is 9.99. The van der Waals surface area contributed by atoms with E-state index >= 15 is 0 Å². The first-order valence-corrected chi connectivity index (χ1v) is 6.79. The van der Waals surface area contributed by atoms with E-state index in [0.29, 0.717) is 36.3 Å². The summed E-state index contributed by atoms with van der Waals surface area (Å²) in [5.74, 6) is 1.62. The van der Waals surface area contributed by atoms with Crippen LogP contribution >= 0.6 is 0 Å². The molecule has 3 heterocycles. The third kappa shape index (κ3) is 2.43. The number of piperidine rings is 1. The molecule has 1 aliphatic heterocycles. The molecule has 0 aliphatic carbocycles. The third-order valence-corrected chi connectivity index (χ3v) is 3.51. The Hall–Kier alpha value is -2.18. The summed E-state index contributed by atoms with van der Waals surface area (Å²) in [6.45, 7) is 4.73. The quantitative estimate of drug-likeness (QED) is 0.886. The van der Waals surface area contributed by atoms with E-state index in [1.807, 2.05) is 6.07 Å². The summed E-state index contributed by atoms with van der Waals surface area (Å²) >= 11 is 0. The molecule has 1 fully saturated rings. The average molecular weight is 275 g/mol. The molecule has 7 heteroatoms. The van der Waals surface area contributed by atoms with Crippen LogP contribution in [-0.4, -0.2) is 32.8 Å². The van der Waals surface area contributed by atoms with Crippen LogP contribution in [0.1, 0.15) is 50.0 Å². The zero-order valence-corrected chi connectivity index (χ0v) is 11.5. The van der Waals surface area contributed by atoms with Gasteiger partial charge in [0.15, 0.2) is 11.5 Å². The molecular weight excluding hydrogens is 258 g/mol. The Bertz CT molecular complexity index is 606. The molecule has 2 N–H and O–H groups in total. The molecule has 0 radical (unpaired) electrons. The maximum atomic E-state index is 11.1. The van der Waals surface area contributed by atoms with Crippen LogP contribution in [0.3, 0.4) is 0 Å². The number of nitrogens with one attached hydrogen (secondary N) is 2. The van der Waals surface area contributed by atoms with E-state index in [1.54, 1.807) is 0 Å². The van der Waals surface area contributed by atoms with Gasteiger partial charge in [0.2, 0.25) is 5.91 Å². The summed E-state index contributed by atoms with van der Waals surface area (Å²) in [5, 5.41) is 14.0. The molecule has 7 nitrogen and oxygen atoms in total. The van der Waals surface area contributed by atoms with E-state index in [0.717, 1.165) is 12.1 Å². The van der Waals surface area contributed by atoms with E-state index in [1.165, 1.54) is 0 Å². The Balaban J connectivity index is 1.77. The molecule has 0 unspecified atom stereocenters. The highest BCUT2D eigenvalue weighted by Gasteiger charge is 2.24. The fraction of sp³-hybridized carbons (Fsp3) is 0.538. The predicted octanol–water partition coefficient (Wildman–Crippen LogP) is 1.58. The van der Waals surface area contributed by atoms with Crippen LogP contribution in [0, 0.1) is 0 Å². The van der Waals surface area contributed by atoms with Gasteiger partial charge in [0.25, 0.3) is 5.89 Å². The molecule has 1 atom stereocenters. The smallest absolute Gasteiger partial charge is 0.278 e. The first-order chi connectivity index (χ1) is 9.63. The van der Waals surface area contributed by atoms with Crippen molar-refractivity contribution in [3.8, 4) is 11.6 Å². The van der Waals surface area contributed by atoms with E-state index < -0.39 is 0 Å². The molecule has 1 amide bonds. The molecule has 0 bridgehead atoms. The normalized spacial score (nSPS) is 19.4. The van der Waals surface area contributed by atoms with Crippen molar-refractivity contribution < 1.29 is 9.32 Å². The van der Waals surface area contributed by atoms with Crippen LogP contribution in [0.25, 0.3) is 11.6 Å². The van der Waals surface area contributed by atoms with Crippen LogP contribution in [0.15, 0.2) is 10.6 Å². The SMILES string of the molecule is CC(C)c1cc(-c2nc([C@H]3CCC(=O)NC3)no2)n[nH]1. The van der Waals surface area contributed by atoms with Gasteiger partial charge in [-0.3, -0.25) is 9.89 Å². The monoisotopic (exact) mass is 275 g/mol. The lowest BCUT2D eigenvalue weighted by Crippen LogP contribution is -2.34. The van der Waals surface area contributed by atoms with Crippen LogP contribution in [-0.2, 0) is 4.79 Å². The van der Waals surface area contributed by atoms with Gasteiger partial charge in [0.1, 0.15) is 0 Å². The second-order valence-electron chi connectivity index (χ2n) is 5.36. The van der Waals surface area contributed by atoms with Gasteiger partial charge < -0.3 is 9.84 Å². The Morgan fingerprint density at radius 3 is 2.95 bits per heavy atom. The largest absolute Gasteiger partial charge is 0.355 e. The number of H-pyrrole nitrogens is 1. The van der Waals surface area contributed by atoms with Gasteiger partial charge in [0.05, 0.1) is 0 Å². The number of carbonyl (C=O) groups excluding carboxylic acids is 1. The fourth-order valence-corrected chi connectivity index (χ4v) is 2.20. The molecular formula is C13H17N5O2.